The number of esters is 1. The van der Waals surface area contributed by atoms with Gasteiger partial charge >= 0.3 is 5.97 Å². The van der Waals surface area contributed by atoms with E-state index in [1.807, 2.05) is 0 Å². The molecule has 22 heavy (non-hydrogen) atoms. The highest BCUT2D eigenvalue weighted by Crippen LogP contribution is 2.23. The summed E-state index contributed by atoms with van der Waals surface area (Å²) in [5.74, 6) is -1.10. The summed E-state index contributed by atoms with van der Waals surface area (Å²) in [6.07, 6.45) is 0.484. The Morgan fingerprint density at radius 3 is 2.64 bits per heavy atom. The molecule has 2 aromatic rings. The second-order valence-corrected chi connectivity index (χ2v) is 5.31. The van der Waals surface area contributed by atoms with E-state index in [1.165, 1.54) is 19.2 Å². The van der Waals surface area contributed by atoms with E-state index >= 15 is 0 Å². The summed E-state index contributed by atoms with van der Waals surface area (Å²) in [6.45, 7) is 0.211. The summed E-state index contributed by atoms with van der Waals surface area (Å²) in [6, 6.07) is 8.96. The summed E-state index contributed by atoms with van der Waals surface area (Å²) in [5.41, 5.74) is 1.07. The molecule has 0 aromatic heterocycles. The Morgan fingerprint density at radius 1 is 1.18 bits per heavy atom. The molecule has 2 rings (SSSR count). The topological polar surface area (TPSA) is 35.5 Å². The van der Waals surface area contributed by atoms with Crippen LogP contribution >= 0.6 is 23.2 Å². The van der Waals surface area contributed by atoms with Crippen molar-refractivity contribution < 1.29 is 18.7 Å². The molecule has 3 nitrogen and oxygen atoms in total. The van der Waals surface area contributed by atoms with Crippen LogP contribution in [0.15, 0.2) is 36.4 Å². The molecule has 0 fully saturated rings. The fraction of sp³-hybridized carbons (Fsp3) is 0.188. The minimum absolute atomic E-state index is 0.00649. The zero-order valence-electron chi connectivity index (χ0n) is 11.7. The van der Waals surface area contributed by atoms with Gasteiger partial charge < -0.3 is 9.47 Å². The molecule has 0 saturated carbocycles. The van der Waals surface area contributed by atoms with Crippen LogP contribution in [0.4, 0.5) is 4.39 Å². The van der Waals surface area contributed by atoms with Crippen molar-refractivity contribution in [2.75, 3.05) is 13.7 Å². The Labute approximate surface area is 137 Å². The highest BCUT2D eigenvalue weighted by atomic mass is 35.5. The monoisotopic (exact) mass is 342 g/mol. The molecule has 0 aliphatic carbocycles. The van der Waals surface area contributed by atoms with Gasteiger partial charge in [-0.25, -0.2) is 9.18 Å². The number of halogens is 3. The van der Waals surface area contributed by atoms with Crippen LogP contribution < -0.4 is 4.74 Å². The summed E-state index contributed by atoms with van der Waals surface area (Å²) < 4.78 is 23.6. The number of hydrogen-bond donors (Lipinski definition) is 0. The molecule has 0 atom stereocenters. The number of benzene rings is 2. The molecular formula is C16H13Cl2FO3. The van der Waals surface area contributed by atoms with Crippen molar-refractivity contribution in [2.24, 2.45) is 0 Å². The quantitative estimate of drug-likeness (QED) is 0.748. The van der Waals surface area contributed by atoms with Gasteiger partial charge in [-0.15, -0.1) is 0 Å². The Bertz CT molecular complexity index is 689. The zero-order chi connectivity index (χ0) is 16.1. The van der Waals surface area contributed by atoms with E-state index in [9.17, 15) is 9.18 Å². The SMILES string of the molecule is COC(=O)c1ccc(F)c(OCCc2ccc(Cl)cc2Cl)c1. The van der Waals surface area contributed by atoms with E-state index in [1.54, 1.807) is 18.2 Å². The Morgan fingerprint density at radius 2 is 1.95 bits per heavy atom. The fourth-order valence-electron chi connectivity index (χ4n) is 1.85. The smallest absolute Gasteiger partial charge is 0.337 e. The van der Waals surface area contributed by atoms with Crippen molar-refractivity contribution in [3.63, 3.8) is 0 Å². The normalized spacial score (nSPS) is 10.4. The highest BCUT2D eigenvalue weighted by Gasteiger charge is 2.11. The first-order chi connectivity index (χ1) is 10.5. The maximum absolute atomic E-state index is 13.7. The maximum atomic E-state index is 13.7. The molecule has 0 amide bonds. The third-order valence-electron chi connectivity index (χ3n) is 3.00. The van der Waals surface area contributed by atoms with Gasteiger partial charge in [0.2, 0.25) is 0 Å². The van der Waals surface area contributed by atoms with Crippen molar-refractivity contribution in [3.8, 4) is 5.75 Å². The minimum Gasteiger partial charge on any atom is -0.490 e. The largest absolute Gasteiger partial charge is 0.490 e. The van der Waals surface area contributed by atoms with Crippen molar-refractivity contribution in [2.45, 2.75) is 6.42 Å². The molecule has 6 heteroatoms. The van der Waals surface area contributed by atoms with Gasteiger partial charge in [-0.05, 0) is 35.9 Å². The van der Waals surface area contributed by atoms with Crippen LogP contribution in [0.5, 0.6) is 5.75 Å². The lowest BCUT2D eigenvalue weighted by molar-refractivity contribution is 0.0600. The lowest BCUT2D eigenvalue weighted by atomic mass is 10.1. The molecule has 0 aliphatic rings. The van der Waals surface area contributed by atoms with Crippen LogP contribution in [0.2, 0.25) is 10.0 Å². The molecule has 116 valence electrons. The second kappa shape index (κ2) is 7.47. The molecule has 0 bridgehead atoms. The maximum Gasteiger partial charge on any atom is 0.337 e. The summed E-state index contributed by atoms with van der Waals surface area (Å²) in [7, 11) is 1.26. The van der Waals surface area contributed by atoms with Crippen LogP contribution in [-0.4, -0.2) is 19.7 Å². The molecular weight excluding hydrogens is 330 g/mol. The van der Waals surface area contributed by atoms with Crippen LogP contribution in [0.25, 0.3) is 0 Å². The van der Waals surface area contributed by atoms with Gasteiger partial charge in [0.1, 0.15) is 0 Å². The molecule has 0 radical (unpaired) electrons. The highest BCUT2D eigenvalue weighted by molar-refractivity contribution is 6.35. The third kappa shape index (κ3) is 4.12. The van der Waals surface area contributed by atoms with Crippen molar-refractivity contribution in [1.29, 1.82) is 0 Å². The summed E-state index contributed by atoms with van der Waals surface area (Å²) in [4.78, 5) is 11.4. The van der Waals surface area contributed by atoms with Gasteiger partial charge in [-0.3, -0.25) is 0 Å². The van der Waals surface area contributed by atoms with Gasteiger partial charge in [0.25, 0.3) is 0 Å². The number of rotatable bonds is 5. The Kier molecular flexibility index (Phi) is 5.63. The fourth-order valence-corrected chi connectivity index (χ4v) is 2.36. The number of hydrogen-bond acceptors (Lipinski definition) is 3. The lowest BCUT2D eigenvalue weighted by Gasteiger charge is -2.09. The number of carbonyl (C=O) groups excluding carboxylic acids is 1. The van der Waals surface area contributed by atoms with Crippen molar-refractivity contribution in [1.82, 2.24) is 0 Å². The predicted molar refractivity (Wildman–Crippen MR) is 83.4 cm³/mol. The van der Waals surface area contributed by atoms with E-state index in [0.29, 0.717) is 16.5 Å². The van der Waals surface area contributed by atoms with Crippen LogP contribution in [0.3, 0.4) is 0 Å². The van der Waals surface area contributed by atoms with E-state index < -0.39 is 11.8 Å². The Hall–Kier alpha value is -1.78. The van der Waals surface area contributed by atoms with Gasteiger partial charge in [0.05, 0.1) is 19.3 Å². The lowest BCUT2D eigenvalue weighted by Crippen LogP contribution is -2.06. The molecule has 0 unspecified atom stereocenters. The van der Waals surface area contributed by atoms with Gasteiger partial charge in [-0.2, -0.15) is 0 Å². The van der Waals surface area contributed by atoms with E-state index in [-0.39, 0.29) is 17.9 Å². The zero-order valence-corrected chi connectivity index (χ0v) is 13.2. The predicted octanol–water partition coefficient (Wildman–Crippen LogP) is 4.54. The minimum atomic E-state index is -0.550. The number of carbonyl (C=O) groups is 1. The average molecular weight is 343 g/mol. The molecule has 0 aliphatic heterocycles. The van der Waals surface area contributed by atoms with Crippen molar-refractivity contribution in [3.05, 3.63) is 63.4 Å². The van der Waals surface area contributed by atoms with Crippen LogP contribution in [0, 0.1) is 5.82 Å². The molecule has 0 spiro atoms. The van der Waals surface area contributed by atoms with Gasteiger partial charge in [-0.1, -0.05) is 29.3 Å². The van der Waals surface area contributed by atoms with Gasteiger partial charge in [0, 0.05) is 16.5 Å². The van der Waals surface area contributed by atoms with E-state index in [2.05, 4.69) is 4.74 Å². The van der Waals surface area contributed by atoms with E-state index in [0.717, 1.165) is 11.6 Å². The summed E-state index contributed by atoms with van der Waals surface area (Å²) >= 11 is 11.9. The Balaban J connectivity index is 2.03. The second-order valence-electron chi connectivity index (χ2n) is 4.47. The number of methoxy groups -OCH3 is 1. The molecule has 0 saturated heterocycles. The van der Waals surface area contributed by atoms with E-state index in [4.69, 9.17) is 27.9 Å². The first-order valence-corrected chi connectivity index (χ1v) is 7.21. The molecule has 0 heterocycles. The van der Waals surface area contributed by atoms with Crippen LogP contribution in [0.1, 0.15) is 15.9 Å². The number of ether oxygens (including phenoxy) is 2. The summed E-state index contributed by atoms with van der Waals surface area (Å²) in [5, 5.41) is 1.08. The third-order valence-corrected chi connectivity index (χ3v) is 3.58. The van der Waals surface area contributed by atoms with Gasteiger partial charge in [0.15, 0.2) is 11.6 Å². The van der Waals surface area contributed by atoms with Crippen LogP contribution in [-0.2, 0) is 11.2 Å². The molecule has 2 aromatic carbocycles. The standard InChI is InChI=1S/C16H13Cl2FO3/c1-21-16(20)11-3-5-14(19)15(8-11)22-7-6-10-2-4-12(17)9-13(10)18/h2-5,8-9H,6-7H2,1H3. The first-order valence-electron chi connectivity index (χ1n) is 6.46. The van der Waals surface area contributed by atoms with Crippen molar-refractivity contribution >= 4 is 29.2 Å². The first kappa shape index (κ1) is 16.6. The average Bonchev–Trinajstić information content (AvgIpc) is 2.50. The molecule has 0 N–H and O–H groups in total.